The van der Waals surface area contributed by atoms with E-state index in [0.29, 0.717) is 5.75 Å². The van der Waals surface area contributed by atoms with Gasteiger partial charge in [0.1, 0.15) is 5.75 Å². The first-order valence-corrected chi connectivity index (χ1v) is 3.91. The Morgan fingerprint density at radius 1 is 1.09 bits per heavy atom. The van der Waals surface area contributed by atoms with Crippen molar-refractivity contribution in [2.24, 2.45) is 0 Å². The van der Waals surface area contributed by atoms with Crippen LogP contribution in [-0.4, -0.2) is 17.2 Å². The number of nitrogens with one attached hydrogen (secondary N) is 1. The van der Waals surface area contributed by atoms with E-state index in [0.717, 1.165) is 18.0 Å². The van der Waals surface area contributed by atoms with Crippen LogP contribution >= 0.6 is 0 Å². The van der Waals surface area contributed by atoms with Crippen LogP contribution in [-0.2, 0) is 0 Å². The fourth-order valence-corrected chi connectivity index (χ4v) is 1.68. The molecule has 2 N–H and O–H groups in total. The molecule has 2 heteroatoms. The summed E-state index contributed by atoms with van der Waals surface area (Å²) >= 11 is 0. The highest BCUT2D eigenvalue weighted by atomic mass is 16.3. The minimum Gasteiger partial charge on any atom is -0.508 e. The monoisotopic (exact) mass is 147 g/mol. The fourth-order valence-electron chi connectivity index (χ4n) is 1.68. The molecule has 2 nitrogen and oxygen atoms in total. The standard InChI is InChI=1S/C9H9NO/c11-6-3-1-5(2-4-6)7-8-9(7)10-8/h1-4,7-11H. The molecule has 0 amide bonds. The highest BCUT2D eigenvalue weighted by Gasteiger charge is 2.64. The lowest BCUT2D eigenvalue weighted by molar-refractivity contribution is 0.475. The summed E-state index contributed by atoms with van der Waals surface area (Å²) < 4.78 is 0. The van der Waals surface area contributed by atoms with Gasteiger partial charge in [-0.25, -0.2) is 0 Å². The lowest BCUT2D eigenvalue weighted by Crippen LogP contribution is -2.05. The van der Waals surface area contributed by atoms with E-state index in [1.807, 2.05) is 12.1 Å². The topological polar surface area (TPSA) is 42.2 Å². The number of aromatic hydroxyl groups is 1. The third-order valence-electron chi connectivity index (χ3n) is 2.57. The highest BCUT2D eigenvalue weighted by Crippen LogP contribution is 2.52. The summed E-state index contributed by atoms with van der Waals surface area (Å²) in [5.41, 5.74) is 1.36. The maximum absolute atomic E-state index is 9.02. The summed E-state index contributed by atoms with van der Waals surface area (Å²) in [6.07, 6.45) is 0. The molecule has 56 valence electrons. The van der Waals surface area contributed by atoms with Gasteiger partial charge in [0.05, 0.1) is 0 Å². The molecule has 0 aromatic heterocycles. The molecule has 2 atom stereocenters. The van der Waals surface area contributed by atoms with Crippen molar-refractivity contribution in [1.82, 2.24) is 5.32 Å². The van der Waals surface area contributed by atoms with Crippen LogP contribution in [0.2, 0.25) is 0 Å². The first-order chi connectivity index (χ1) is 5.36. The second-order valence-electron chi connectivity index (χ2n) is 3.34. The van der Waals surface area contributed by atoms with Crippen LogP contribution in [0, 0.1) is 0 Å². The number of hydrogen-bond acceptors (Lipinski definition) is 2. The molecule has 0 radical (unpaired) electrons. The van der Waals surface area contributed by atoms with E-state index >= 15 is 0 Å². The zero-order valence-corrected chi connectivity index (χ0v) is 5.99. The normalized spacial score (nSPS) is 38.0. The number of benzene rings is 1. The lowest BCUT2D eigenvalue weighted by atomic mass is 10.1. The van der Waals surface area contributed by atoms with Crippen LogP contribution in [0.5, 0.6) is 5.75 Å². The summed E-state index contributed by atoms with van der Waals surface area (Å²) in [6.45, 7) is 0. The van der Waals surface area contributed by atoms with Crippen molar-refractivity contribution < 1.29 is 5.11 Å². The second-order valence-corrected chi connectivity index (χ2v) is 3.34. The number of fused-ring (bicyclic) bond motifs is 1. The molecule has 2 fully saturated rings. The molecule has 1 heterocycles. The van der Waals surface area contributed by atoms with Crippen LogP contribution < -0.4 is 5.32 Å². The molecule has 1 aliphatic heterocycles. The third-order valence-corrected chi connectivity index (χ3v) is 2.57. The minimum absolute atomic E-state index is 0.357. The predicted octanol–water partition coefficient (Wildman–Crippen LogP) is 0.830. The van der Waals surface area contributed by atoms with E-state index in [1.165, 1.54) is 5.56 Å². The largest absolute Gasteiger partial charge is 0.508 e. The summed E-state index contributed by atoms with van der Waals surface area (Å²) in [4.78, 5) is 0. The van der Waals surface area contributed by atoms with Crippen LogP contribution in [0.25, 0.3) is 0 Å². The molecule has 11 heavy (non-hydrogen) atoms. The van der Waals surface area contributed by atoms with Gasteiger partial charge in [0.25, 0.3) is 0 Å². The van der Waals surface area contributed by atoms with E-state index in [2.05, 4.69) is 5.32 Å². The van der Waals surface area contributed by atoms with Gasteiger partial charge in [0.2, 0.25) is 0 Å². The molecule has 0 spiro atoms. The van der Waals surface area contributed by atoms with E-state index in [9.17, 15) is 0 Å². The van der Waals surface area contributed by atoms with Gasteiger partial charge in [-0.15, -0.1) is 0 Å². The van der Waals surface area contributed by atoms with Gasteiger partial charge in [-0.05, 0) is 17.7 Å². The summed E-state index contributed by atoms with van der Waals surface area (Å²) in [6, 6.07) is 9.06. The molecule has 1 saturated heterocycles. The zero-order chi connectivity index (χ0) is 7.42. The summed E-state index contributed by atoms with van der Waals surface area (Å²) in [7, 11) is 0. The molecule has 2 unspecified atom stereocenters. The van der Waals surface area contributed by atoms with Crippen LogP contribution in [0.3, 0.4) is 0 Å². The smallest absolute Gasteiger partial charge is 0.115 e. The number of rotatable bonds is 1. The average Bonchev–Trinajstić information content (AvgIpc) is 2.80. The average molecular weight is 147 g/mol. The van der Waals surface area contributed by atoms with Crippen molar-refractivity contribution in [1.29, 1.82) is 0 Å². The number of phenols is 1. The van der Waals surface area contributed by atoms with E-state index in [-0.39, 0.29) is 0 Å². The fraction of sp³-hybridized carbons (Fsp3) is 0.333. The molecule has 1 aromatic rings. The van der Waals surface area contributed by atoms with Gasteiger partial charge >= 0.3 is 0 Å². The van der Waals surface area contributed by atoms with Crippen molar-refractivity contribution in [3.8, 4) is 5.75 Å². The van der Waals surface area contributed by atoms with Gasteiger partial charge < -0.3 is 10.4 Å². The molecule has 1 saturated carbocycles. The highest BCUT2D eigenvalue weighted by molar-refractivity contribution is 5.43. The van der Waals surface area contributed by atoms with Crippen molar-refractivity contribution in [3.05, 3.63) is 29.8 Å². The van der Waals surface area contributed by atoms with Gasteiger partial charge in [0.15, 0.2) is 0 Å². The Hall–Kier alpha value is -1.02. The van der Waals surface area contributed by atoms with Crippen molar-refractivity contribution >= 4 is 0 Å². The third kappa shape index (κ3) is 0.701. The van der Waals surface area contributed by atoms with Crippen LogP contribution in [0.1, 0.15) is 11.5 Å². The second kappa shape index (κ2) is 1.59. The van der Waals surface area contributed by atoms with Gasteiger partial charge in [-0.3, -0.25) is 0 Å². The van der Waals surface area contributed by atoms with E-state index in [1.54, 1.807) is 12.1 Å². The van der Waals surface area contributed by atoms with Gasteiger partial charge in [-0.1, -0.05) is 12.1 Å². The number of phenolic OH excluding ortho intramolecular Hbond substituents is 1. The molecular formula is C9H9NO. The molecule has 0 bridgehead atoms. The van der Waals surface area contributed by atoms with Crippen LogP contribution in [0.4, 0.5) is 0 Å². The maximum Gasteiger partial charge on any atom is 0.115 e. The Kier molecular flexibility index (Phi) is 0.809. The summed E-state index contributed by atoms with van der Waals surface area (Å²) in [5, 5.41) is 12.3. The number of hydrogen-bond donors (Lipinski definition) is 2. The minimum atomic E-state index is 0.357. The Morgan fingerprint density at radius 2 is 1.73 bits per heavy atom. The van der Waals surface area contributed by atoms with E-state index < -0.39 is 0 Å². The quantitative estimate of drug-likeness (QED) is 0.578. The SMILES string of the molecule is Oc1ccc(C2C3NC32)cc1. The van der Waals surface area contributed by atoms with Crippen LogP contribution in [0.15, 0.2) is 24.3 Å². The lowest BCUT2D eigenvalue weighted by Gasteiger charge is -2.03. The van der Waals surface area contributed by atoms with Gasteiger partial charge in [-0.2, -0.15) is 0 Å². The van der Waals surface area contributed by atoms with Crippen molar-refractivity contribution in [3.63, 3.8) is 0 Å². The Bertz CT molecular complexity index is 285. The van der Waals surface area contributed by atoms with E-state index in [4.69, 9.17) is 5.11 Å². The molecular weight excluding hydrogens is 138 g/mol. The molecule has 2 aliphatic rings. The van der Waals surface area contributed by atoms with Crippen molar-refractivity contribution in [2.45, 2.75) is 18.0 Å². The first-order valence-electron chi connectivity index (χ1n) is 3.91. The Morgan fingerprint density at radius 3 is 2.18 bits per heavy atom. The van der Waals surface area contributed by atoms with Gasteiger partial charge in [0, 0.05) is 18.0 Å². The molecule has 1 aromatic carbocycles. The maximum atomic E-state index is 9.02. The molecule has 1 aliphatic carbocycles. The Labute approximate surface area is 64.9 Å². The molecule has 3 rings (SSSR count). The summed E-state index contributed by atoms with van der Waals surface area (Å²) in [5.74, 6) is 1.10. The predicted molar refractivity (Wildman–Crippen MR) is 41.6 cm³/mol. The Balaban J connectivity index is 1.91. The zero-order valence-electron chi connectivity index (χ0n) is 5.99. The first kappa shape index (κ1) is 5.61. The van der Waals surface area contributed by atoms with Crippen molar-refractivity contribution in [2.75, 3.05) is 0 Å².